The highest BCUT2D eigenvalue weighted by Gasteiger charge is 2.12. The quantitative estimate of drug-likeness (QED) is 0.628. The molecule has 12 heavy (non-hydrogen) atoms. The minimum atomic E-state index is 0.346. The number of hydrogen-bond donors (Lipinski definition) is 1. The molecule has 0 aromatic heterocycles. The van der Waals surface area contributed by atoms with Crippen LogP contribution >= 0.6 is 12.6 Å². The highest BCUT2D eigenvalue weighted by molar-refractivity contribution is 7.80. The molecule has 66 valence electrons. The van der Waals surface area contributed by atoms with Crippen LogP contribution in [-0.2, 0) is 6.42 Å². The smallest absolute Gasteiger partial charge is 0.00722 e. The van der Waals surface area contributed by atoms with Gasteiger partial charge in [-0.25, -0.2) is 0 Å². The summed E-state index contributed by atoms with van der Waals surface area (Å²) in [6.07, 6.45) is 1.09. The van der Waals surface area contributed by atoms with E-state index in [2.05, 4.69) is 45.5 Å². The Balaban J connectivity index is 2.83. The van der Waals surface area contributed by atoms with Gasteiger partial charge >= 0.3 is 0 Å². The summed E-state index contributed by atoms with van der Waals surface area (Å²) in [5, 5.41) is 0. The van der Waals surface area contributed by atoms with Crippen LogP contribution in [0.4, 0.5) is 0 Å². The number of thiol groups is 1. The van der Waals surface area contributed by atoms with Crippen molar-refractivity contribution in [1.82, 2.24) is 0 Å². The zero-order chi connectivity index (χ0) is 9.19. The summed E-state index contributed by atoms with van der Waals surface area (Å²) in [5.74, 6) is 0. The lowest BCUT2D eigenvalue weighted by Crippen LogP contribution is -2.09. The summed E-state index contributed by atoms with van der Waals surface area (Å²) in [5.41, 5.74) is 1.69. The van der Waals surface area contributed by atoms with Crippen molar-refractivity contribution in [3.63, 3.8) is 0 Å². The third-order valence-corrected chi connectivity index (χ3v) is 2.15. The molecular weight excluding hydrogens is 164 g/mol. The number of rotatable bonds is 1. The van der Waals surface area contributed by atoms with E-state index in [1.54, 1.807) is 0 Å². The van der Waals surface area contributed by atoms with E-state index in [1.165, 1.54) is 5.56 Å². The van der Waals surface area contributed by atoms with Crippen LogP contribution in [0, 0.1) is 5.41 Å². The Bertz CT molecular complexity index is 258. The second kappa shape index (κ2) is 3.53. The first kappa shape index (κ1) is 9.66. The lowest BCUT2D eigenvalue weighted by Gasteiger charge is -2.18. The van der Waals surface area contributed by atoms with Crippen molar-refractivity contribution in [2.75, 3.05) is 0 Å². The molecule has 0 aliphatic rings. The molecule has 0 saturated carbocycles. The molecule has 0 atom stereocenters. The van der Waals surface area contributed by atoms with Crippen molar-refractivity contribution in [1.29, 1.82) is 0 Å². The fourth-order valence-corrected chi connectivity index (χ4v) is 1.47. The van der Waals surface area contributed by atoms with Gasteiger partial charge in [0, 0.05) is 4.90 Å². The molecule has 0 spiro atoms. The van der Waals surface area contributed by atoms with E-state index < -0.39 is 0 Å². The maximum atomic E-state index is 4.41. The summed E-state index contributed by atoms with van der Waals surface area (Å²) >= 11 is 4.41. The molecule has 0 heterocycles. The Morgan fingerprint density at radius 2 is 1.75 bits per heavy atom. The van der Waals surface area contributed by atoms with Crippen LogP contribution in [0.15, 0.2) is 29.2 Å². The SMILES string of the molecule is CC(C)(C)Cc1ccccc1S. The largest absolute Gasteiger partial charge is 0.143 e. The van der Waals surface area contributed by atoms with Crippen molar-refractivity contribution in [2.24, 2.45) is 5.41 Å². The molecule has 0 unspecified atom stereocenters. The molecule has 1 rings (SSSR count). The van der Waals surface area contributed by atoms with Crippen LogP contribution in [0.2, 0.25) is 0 Å². The monoisotopic (exact) mass is 180 g/mol. The standard InChI is InChI=1S/C11H16S/c1-11(2,3)8-9-6-4-5-7-10(9)12/h4-7,12H,8H2,1-3H3. The fraction of sp³-hybridized carbons (Fsp3) is 0.455. The average Bonchev–Trinajstić information content (AvgIpc) is 1.91. The van der Waals surface area contributed by atoms with Crippen molar-refractivity contribution >= 4 is 12.6 Å². The molecular formula is C11H16S. The Kier molecular flexibility index (Phi) is 2.84. The van der Waals surface area contributed by atoms with Crippen LogP contribution in [0.25, 0.3) is 0 Å². The molecule has 1 aromatic carbocycles. The summed E-state index contributed by atoms with van der Waals surface area (Å²) < 4.78 is 0. The van der Waals surface area contributed by atoms with Crippen molar-refractivity contribution in [3.8, 4) is 0 Å². The summed E-state index contributed by atoms with van der Waals surface area (Å²) in [4.78, 5) is 1.10. The van der Waals surface area contributed by atoms with Crippen LogP contribution in [0.3, 0.4) is 0 Å². The van der Waals surface area contributed by atoms with Gasteiger partial charge in [-0.1, -0.05) is 39.0 Å². The van der Waals surface area contributed by atoms with E-state index in [9.17, 15) is 0 Å². The normalized spacial score (nSPS) is 11.7. The van der Waals surface area contributed by atoms with Crippen LogP contribution < -0.4 is 0 Å². The highest BCUT2D eigenvalue weighted by atomic mass is 32.1. The van der Waals surface area contributed by atoms with E-state index in [0.29, 0.717) is 5.41 Å². The Hall–Kier alpha value is -0.430. The van der Waals surface area contributed by atoms with Gasteiger partial charge in [-0.3, -0.25) is 0 Å². The van der Waals surface area contributed by atoms with Gasteiger partial charge < -0.3 is 0 Å². The predicted molar refractivity (Wildman–Crippen MR) is 56.9 cm³/mol. The maximum Gasteiger partial charge on any atom is 0.00722 e. The van der Waals surface area contributed by atoms with Gasteiger partial charge in [-0.2, -0.15) is 0 Å². The molecule has 0 saturated heterocycles. The highest BCUT2D eigenvalue weighted by Crippen LogP contribution is 2.24. The molecule has 0 amide bonds. The third-order valence-electron chi connectivity index (χ3n) is 1.71. The van der Waals surface area contributed by atoms with Gasteiger partial charge in [0.1, 0.15) is 0 Å². The lowest BCUT2D eigenvalue weighted by atomic mass is 9.88. The maximum absolute atomic E-state index is 4.41. The molecule has 0 nitrogen and oxygen atoms in total. The van der Waals surface area contributed by atoms with E-state index in [1.807, 2.05) is 12.1 Å². The molecule has 0 radical (unpaired) electrons. The van der Waals surface area contributed by atoms with Gasteiger partial charge in [0.25, 0.3) is 0 Å². The zero-order valence-electron chi connectivity index (χ0n) is 7.96. The number of hydrogen-bond acceptors (Lipinski definition) is 1. The van der Waals surface area contributed by atoms with Crippen LogP contribution in [0.5, 0.6) is 0 Å². The first-order valence-corrected chi connectivity index (χ1v) is 4.71. The Labute approximate surface area is 80.4 Å². The van der Waals surface area contributed by atoms with E-state index in [4.69, 9.17) is 0 Å². The molecule has 0 aliphatic carbocycles. The third kappa shape index (κ3) is 2.90. The first-order chi connectivity index (χ1) is 5.49. The lowest BCUT2D eigenvalue weighted by molar-refractivity contribution is 0.408. The van der Waals surface area contributed by atoms with Crippen molar-refractivity contribution in [2.45, 2.75) is 32.1 Å². The van der Waals surface area contributed by atoms with Crippen molar-refractivity contribution < 1.29 is 0 Å². The van der Waals surface area contributed by atoms with Crippen molar-refractivity contribution in [3.05, 3.63) is 29.8 Å². The Morgan fingerprint density at radius 1 is 1.17 bits per heavy atom. The van der Waals surface area contributed by atoms with Gasteiger partial charge in [-0.05, 0) is 23.5 Å². The van der Waals surface area contributed by atoms with Gasteiger partial charge in [-0.15, -0.1) is 12.6 Å². The van der Waals surface area contributed by atoms with Gasteiger partial charge in [0.15, 0.2) is 0 Å². The van der Waals surface area contributed by atoms with E-state index in [0.717, 1.165) is 11.3 Å². The topological polar surface area (TPSA) is 0 Å². The summed E-state index contributed by atoms with van der Waals surface area (Å²) in [6, 6.07) is 8.28. The summed E-state index contributed by atoms with van der Waals surface area (Å²) in [6.45, 7) is 6.73. The van der Waals surface area contributed by atoms with E-state index in [-0.39, 0.29) is 0 Å². The van der Waals surface area contributed by atoms with Crippen LogP contribution in [0.1, 0.15) is 26.3 Å². The first-order valence-electron chi connectivity index (χ1n) is 4.26. The second-order valence-corrected chi connectivity index (χ2v) is 4.85. The van der Waals surface area contributed by atoms with E-state index >= 15 is 0 Å². The predicted octanol–water partition coefficient (Wildman–Crippen LogP) is 3.56. The number of benzene rings is 1. The fourth-order valence-electron chi connectivity index (χ4n) is 1.23. The average molecular weight is 180 g/mol. The molecule has 0 aliphatic heterocycles. The minimum Gasteiger partial charge on any atom is -0.143 e. The van der Waals surface area contributed by atoms with Crippen LogP contribution in [-0.4, -0.2) is 0 Å². The van der Waals surface area contributed by atoms with Gasteiger partial charge in [0.2, 0.25) is 0 Å². The molecule has 0 N–H and O–H groups in total. The minimum absolute atomic E-state index is 0.346. The molecule has 0 bridgehead atoms. The molecule has 0 fully saturated rings. The van der Waals surface area contributed by atoms with Gasteiger partial charge in [0.05, 0.1) is 0 Å². The molecule has 1 heteroatoms. The second-order valence-electron chi connectivity index (χ2n) is 4.37. The molecule has 1 aromatic rings. The summed E-state index contributed by atoms with van der Waals surface area (Å²) in [7, 11) is 0. The Morgan fingerprint density at radius 3 is 2.25 bits per heavy atom. The zero-order valence-corrected chi connectivity index (χ0v) is 8.86.